The summed E-state index contributed by atoms with van der Waals surface area (Å²) in [5.41, 5.74) is 1.73. The van der Waals surface area contributed by atoms with Crippen molar-refractivity contribution in [1.29, 1.82) is 0 Å². The number of aliphatic hydroxyl groups is 1. The van der Waals surface area contributed by atoms with Crippen LogP contribution in [0.15, 0.2) is 0 Å². The van der Waals surface area contributed by atoms with Crippen LogP contribution in [0.5, 0.6) is 0 Å². The molecule has 0 unspecified atom stereocenters. The molecule has 1 heteroatoms. The third kappa shape index (κ3) is 1.60. The quantitative estimate of drug-likeness (QED) is 0.621. The Kier molecular flexibility index (Phi) is 3.18. The van der Waals surface area contributed by atoms with Gasteiger partial charge in [0.1, 0.15) is 0 Å². The van der Waals surface area contributed by atoms with Crippen LogP contribution < -0.4 is 0 Å². The van der Waals surface area contributed by atoms with E-state index in [9.17, 15) is 5.11 Å². The van der Waals surface area contributed by atoms with Gasteiger partial charge in [0, 0.05) is 0 Å². The lowest BCUT2D eigenvalue weighted by molar-refractivity contribution is -0.189. The molecule has 0 bridgehead atoms. The Morgan fingerprint density at radius 3 is 2.00 bits per heavy atom. The van der Waals surface area contributed by atoms with Gasteiger partial charge < -0.3 is 5.11 Å². The smallest absolute Gasteiger partial charge is 0.0599 e. The molecule has 4 fully saturated rings. The molecule has 1 N–H and O–H groups in total. The molecule has 22 heavy (non-hydrogen) atoms. The zero-order valence-electron chi connectivity index (χ0n) is 15.3. The van der Waals surface area contributed by atoms with Crippen molar-refractivity contribution in [1.82, 2.24) is 0 Å². The molecular formula is C21H36O. The fraction of sp³-hybridized carbons (Fsp3) is 1.00. The highest BCUT2D eigenvalue weighted by atomic mass is 16.3. The second kappa shape index (κ2) is 4.52. The standard InChI is InChI=1S/C21H36O/c1-18-10-5-6-11-19(18,2)15-8-13-21(4)17(22)9-14-20(21,3)16(15)7-12-18/h15-17,22H,5-14H2,1-4H3/t15-,16+,17-,18+,19+,20-,21+/m0/s1. The van der Waals surface area contributed by atoms with Gasteiger partial charge in [0.05, 0.1) is 6.10 Å². The average molecular weight is 305 g/mol. The Balaban J connectivity index is 1.74. The number of rotatable bonds is 0. The topological polar surface area (TPSA) is 20.2 Å². The van der Waals surface area contributed by atoms with E-state index >= 15 is 0 Å². The largest absolute Gasteiger partial charge is 0.393 e. The molecule has 0 amide bonds. The lowest BCUT2D eigenvalue weighted by Crippen LogP contribution is -2.60. The van der Waals surface area contributed by atoms with E-state index in [1.165, 1.54) is 57.8 Å². The maximum Gasteiger partial charge on any atom is 0.0599 e. The maximum absolute atomic E-state index is 10.7. The third-order valence-corrected chi connectivity index (χ3v) is 10.1. The van der Waals surface area contributed by atoms with Crippen molar-refractivity contribution < 1.29 is 5.11 Å². The monoisotopic (exact) mass is 304 g/mol. The van der Waals surface area contributed by atoms with Gasteiger partial charge in [-0.1, -0.05) is 40.5 Å². The predicted octanol–water partition coefficient (Wildman–Crippen LogP) is 5.56. The Morgan fingerprint density at radius 1 is 0.636 bits per heavy atom. The number of aliphatic hydroxyl groups excluding tert-OH is 1. The van der Waals surface area contributed by atoms with Gasteiger partial charge in [-0.2, -0.15) is 0 Å². The van der Waals surface area contributed by atoms with Crippen LogP contribution in [0.1, 0.15) is 91.9 Å². The zero-order chi connectivity index (χ0) is 15.8. The van der Waals surface area contributed by atoms with Gasteiger partial charge in [-0.3, -0.25) is 0 Å². The Bertz CT molecular complexity index is 465. The lowest BCUT2D eigenvalue weighted by Gasteiger charge is -2.67. The van der Waals surface area contributed by atoms with E-state index in [0.29, 0.717) is 16.2 Å². The van der Waals surface area contributed by atoms with Gasteiger partial charge >= 0.3 is 0 Å². The Labute approximate surface area is 137 Å². The number of fused-ring (bicyclic) bond motifs is 5. The number of hydrogen-bond donors (Lipinski definition) is 1. The summed E-state index contributed by atoms with van der Waals surface area (Å²) in [5, 5.41) is 10.7. The molecule has 126 valence electrons. The van der Waals surface area contributed by atoms with Crippen LogP contribution in [-0.4, -0.2) is 11.2 Å². The highest BCUT2D eigenvalue weighted by Gasteiger charge is 2.66. The predicted molar refractivity (Wildman–Crippen MR) is 91.6 cm³/mol. The Hall–Kier alpha value is -0.0400. The van der Waals surface area contributed by atoms with Crippen molar-refractivity contribution in [2.45, 2.75) is 98.0 Å². The summed E-state index contributed by atoms with van der Waals surface area (Å²) in [6.07, 6.45) is 13.6. The van der Waals surface area contributed by atoms with Gasteiger partial charge in [0.25, 0.3) is 0 Å². The lowest BCUT2D eigenvalue weighted by atomic mass is 9.38. The van der Waals surface area contributed by atoms with E-state index in [0.717, 1.165) is 18.3 Å². The van der Waals surface area contributed by atoms with Crippen molar-refractivity contribution in [3.05, 3.63) is 0 Å². The highest BCUT2D eigenvalue weighted by molar-refractivity contribution is 5.16. The van der Waals surface area contributed by atoms with Gasteiger partial charge in [0.15, 0.2) is 0 Å². The molecule has 4 aliphatic rings. The minimum absolute atomic E-state index is 0.0501. The maximum atomic E-state index is 10.7. The van der Waals surface area contributed by atoms with Gasteiger partial charge in [-0.05, 0) is 84.9 Å². The van der Waals surface area contributed by atoms with Crippen LogP contribution in [0, 0.1) is 33.5 Å². The van der Waals surface area contributed by atoms with Gasteiger partial charge in [-0.25, -0.2) is 0 Å². The van der Waals surface area contributed by atoms with E-state index in [-0.39, 0.29) is 11.5 Å². The van der Waals surface area contributed by atoms with E-state index in [4.69, 9.17) is 0 Å². The van der Waals surface area contributed by atoms with E-state index in [2.05, 4.69) is 27.7 Å². The van der Waals surface area contributed by atoms with Gasteiger partial charge in [0.2, 0.25) is 0 Å². The van der Waals surface area contributed by atoms with Crippen molar-refractivity contribution in [3.8, 4) is 0 Å². The van der Waals surface area contributed by atoms with Crippen LogP contribution in [-0.2, 0) is 0 Å². The number of hydrogen-bond acceptors (Lipinski definition) is 1. The zero-order valence-corrected chi connectivity index (χ0v) is 15.3. The normalized spacial score (nSPS) is 61.2. The van der Waals surface area contributed by atoms with Crippen LogP contribution >= 0.6 is 0 Å². The molecule has 7 atom stereocenters. The molecule has 1 nitrogen and oxygen atoms in total. The fourth-order valence-corrected chi connectivity index (χ4v) is 7.98. The minimum Gasteiger partial charge on any atom is -0.393 e. The van der Waals surface area contributed by atoms with Crippen molar-refractivity contribution in [3.63, 3.8) is 0 Å². The summed E-state index contributed by atoms with van der Waals surface area (Å²) in [7, 11) is 0. The van der Waals surface area contributed by atoms with Crippen molar-refractivity contribution in [2.75, 3.05) is 0 Å². The first kappa shape index (κ1) is 15.5. The summed E-state index contributed by atoms with van der Waals surface area (Å²) in [6.45, 7) is 10.2. The Morgan fingerprint density at radius 2 is 1.23 bits per heavy atom. The molecule has 4 rings (SSSR count). The SMILES string of the molecule is C[C@]12CCCC[C@]1(C)[C@H]1CC[C@]3(C)[C@@H](O)CC[C@@]3(C)[C@@H]1CC2. The van der Waals surface area contributed by atoms with Gasteiger partial charge in [-0.15, -0.1) is 0 Å². The van der Waals surface area contributed by atoms with Crippen molar-refractivity contribution in [2.24, 2.45) is 33.5 Å². The molecule has 0 aliphatic heterocycles. The second-order valence-corrected chi connectivity index (χ2v) is 10.4. The van der Waals surface area contributed by atoms with Crippen LogP contribution in [0.3, 0.4) is 0 Å². The third-order valence-electron chi connectivity index (χ3n) is 10.1. The van der Waals surface area contributed by atoms with E-state index in [1.807, 2.05) is 0 Å². The second-order valence-electron chi connectivity index (χ2n) is 10.4. The van der Waals surface area contributed by atoms with Crippen molar-refractivity contribution >= 4 is 0 Å². The molecule has 0 aromatic rings. The molecule has 0 aromatic heterocycles. The molecule has 4 saturated carbocycles. The fourth-order valence-electron chi connectivity index (χ4n) is 7.98. The molecule has 0 aromatic carbocycles. The summed E-state index contributed by atoms with van der Waals surface area (Å²) in [5.74, 6) is 1.77. The molecular weight excluding hydrogens is 268 g/mol. The first-order valence-electron chi connectivity index (χ1n) is 9.95. The van der Waals surface area contributed by atoms with E-state index < -0.39 is 0 Å². The molecule has 0 radical (unpaired) electrons. The molecule has 0 spiro atoms. The summed E-state index contributed by atoms with van der Waals surface area (Å²) < 4.78 is 0. The molecule has 0 heterocycles. The van der Waals surface area contributed by atoms with E-state index in [1.54, 1.807) is 0 Å². The summed E-state index contributed by atoms with van der Waals surface area (Å²) in [6, 6.07) is 0. The van der Waals surface area contributed by atoms with Crippen LogP contribution in [0.2, 0.25) is 0 Å². The molecule has 4 aliphatic carbocycles. The summed E-state index contributed by atoms with van der Waals surface area (Å²) >= 11 is 0. The first-order valence-corrected chi connectivity index (χ1v) is 9.95. The van der Waals surface area contributed by atoms with Crippen LogP contribution in [0.25, 0.3) is 0 Å². The highest BCUT2D eigenvalue weighted by Crippen LogP contribution is 2.73. The molecule has 0 saturated heterocycles. The minimum atomic E-state index is -0.0501. The first-order chi connectivity index (χ1) is 10.3. The summed E-state index contributed by atoms with van der Waals surface area (Å²) in [4.78, 5) is 0. The average Bonchev–Trinajstić information content (AvgIpc) is 2.72. The van der Waals surface area contributed by atoms with Crippen LogP contribution in [0.4, 0.5) is 0 Å².